The Morgan fingerprint density at radius 2 is 2.00 bits per heavy atom. The molecule has 0 aromatic heterocycles. The molecule has 5 heteroatoms. The third kappa shape index (κ3) is 3.38. The first-order chi connectivity index (χ1) is 9.10. The Balaban J connectivity index is 2.03. The van der Waals surface area contributed by atoms with Crippen molar-refractivity contribution in [2.24, 2.45) is 5.73 Å². The smallest absolute Gasteiger partial charge is 0.231 e. The number of primary amides is 1. The fraction of sp³-hybridized carbons (Fsp3) is 0.500. The van der Waals surface area contributed by atoms with Crippen LogP contribution in [0.5, 0.6) is 5.75 Å². The van der Waals surface area contributed by atoms with Gasteiger partial charge in [-0.05, 0) is 18.6 Å². The molecule has 19 heavy (non-hydrogen) atoms. The van der Waals surface area contributed by atoms with Crippen LogP contribution in [0.3, 0.4) is 0 Å². The predicted octanol–water partition coefficient (Wildman–Crippen LogP) is 0.611. The van der Waals surface area contributed by atoms with Crippen LogP contribution < -0.4 is 15.4 Å². The van der Waals surface area contributed by atoms with Crippen LogP contribution in [0.15, 0.2) is 18.2 Å². The van der Waals surface area contributed by atoms with Crippen molar-refractivity contribution in [3.8, 4) is 5.75 Å². The van der Waals surface area contributed by atoms with Crippen molar-refractivity contribution in [1.82, 2.24) is 4.90 Å². The third-order valence-electron chi connectivity index (χ3n) is 3.51. The number of piperazine rings is 1. The van der Waals surface area contributed by atoms with Crippen LogP contribution in [0, 0.1) is 6.92 Å². The number of hydrogen-bond donors (Lipinski definition) is 1. The summed E-state index contributed by atoms with van der Waals surface area (Å²) in [7, 11) is 1.68. The van der Waals surface area contributed by atoms with Crippen molar-refractivity contribution in [3.63, 3.8) is 0 Å². The maximum Gasteiger partial charge on any atom is 0.231 e. The van der Waals surface area contributed by atoms with E-state index in [1.54, 1.807) is 7.11 Å². The van der Waals surface area contributed by atoms with Crippen LogP contribution in [0.4, 0.5) is 5.69 Å². The van der Waals surface area contributed by atoms with E-state index in [1.165, 1.54) is 11.3 Å². The van der Waals surface area contributed by atoms with Crippen LogP contribution in [0.1, 0.15) is 5.56 Å². The molecule has 0 bridgehead atoms. The van der Waals surface area contributed by atoms with Crippen LogP contribution in [-0.4, -0.2) is 50.6 Å². The van der Waals surface area contributed by atoms with Crippen molar-refractivity contribution in [2.75, 3.05) is 44.7 Å². The van der Waals surface area contributed by atoms with E-state index < -0.39 is 0 Å². The van der Waals surface area contributed by atoms with E-state index in [1.807, 2.05) is 6.07 Å². The first-order valence-corrected chi connectivity index (χ1v) is 6.50. The largest absolute Gasteiger partial charge is 0.497 e. The fourth-order valence-corrected chi connectivity index (χ4v) is 2.42. The van der Waals surface area contributed by atoms with Crippen molar-refractivity contribution < 1.29 is 9.53 Å². The van der Waals surface area contributed by atoms with Gasteiger partial charge < -0.3 is 15.4 Å². The standard InChI is InChI=1S/C14H21N3O2/c1-11-3-4-12(19-2)9-13(11)17-7-5-16(6-8-17)10-14(15)18/h3-4,9H,5-8,10H2,1-2H3,(H2,15,18). The fourth-order valence-electron chi connectivity index (χ4n) is 2.42. The van der Waals surface area contributed by atoms with Gasteiger partial charge in [0.25, 0.3) is 0 Å². The molecule has 0 aliphatic carbocycles. The Morgan fingerprint density at radius 1 is 1.32 bits per heavy atom. The van der Waals surface area contributed by atoms with Gasteiger partial charge in [0, 0.05) is 37.9 Å². The van der Waals surface area contributed by atoms with E-state index in [4.69, 9.17) is 10.5 Å². The number of amides is 1. The van der Waals surface area contributed by atoms with Crippen LogP contribution in [-0.2, 0) is 4.79 Å². The lowest BCUT2D eigenvalue weighted by molar-refractivity contribution is -0.119. The molecule has 1 aliphatic rings. The van der Waals surface area contributed by atoms with E-state index in [0.717, 1.165) is 31.9 Å². The van der Waals surface area contributed by atoms with Crippen molar-refractivity contribution >= 4 is 11.6 Å². The molecule has 1 amide bonds. The molecule has 0 saturated carbocycles. The third-order valence-corrected chi connectivity index (χ3v) is 3.51. The quantitative estimate of drug-likeness (QED) is 0.865. The maximum atomic E-state index is 10.9. The molecule has 1 fully saturated rings. The molecule has 1 heterocycles. The highest BCUT2D eigenvalue weighted by molar-refractivity contribution is 5.76. The minimum Gasteiger partial charge on any atom is -0.497 e. The number of nitrogens with two attached hydrogens (primary N) is 1. The Morgan fingerprint density at radius 3 is 2.58 bits per heavy atom. The minimum absolute atomic E-state index is 0.258. The number of ether oxygens (including phenoxy) is 1. The molecule has 0 spiro atoms. The zero-order valence-electron chi connectivity index (χ0n) is 11.6. The highest BCUT2D eigenvalue weighted by Crippen LogP contribution is 2.26. The number of aryl methyl sites for hydroxylation is 1. The van der Waals surface area contributed by atoms with E-state index in [9.17, 15) is 4.79 Å². The van der Waals surface area contributed by atoms with Gasteiger partial charge in [-0.15, -0.1) is 0 Å². The molecule has 0 atom stereocenters. The molecule has 1 aromatic rings. The highest BCUT2D eigenvalue weighted by atomic mass is 16.5. The van der Waals surface area contributed by atoms with Gasteiger partial charge >= 0.3 is 0 Å². The summed E-state index contributed by atoms with van der Waals surface area (Å²) in [5.41, 5.74) is 7.67. The number of hydrogen-bond acceptors (Lipinski definition) is 4. The number of anilines is 1. The molecule has 1 saturated heterocycles. The number of carbonyl (C=O) groups excluding carboxylic acids is 1. The summed E-state index contributed by atoms with van der Waals surface area (Å²) in [6.45, 7) is 5.98. The van der Waals surface area contributed by atoms with Crippen molar-refractivity contribution in [1.29, 1.82) is 0 Å². The summed E-state index contributed by atoms with van der Waals surface area (Å²) in [5, 5.41) is 0. The lowest BCUT2D eigenvalue weighted by Gasteiger charge is -2.36. The highest BCUT2D eigenvalue weighted by Gasteiger charge is 2.19. The topological polar surface area (TPSA) is 58.8 Å². The molecule has 1 aromatic carbocycles. The van der Waals surface area contributed by atoms with Gasteiger partial charge in [0.15, 0.2) is 0 Å². The molecule has 1 aliphatic heterocycles. The lowest BCUT2D eigenvalue weighted by Crippen LogP contribution is -2.49. The first kappa shape index (κ1) is 13.7. The average Bonchev–Trinajstić information content (AvgIpc) is 2.40. The summed E-state index contributed by atoms with van der Waals surface area (Å²) >= 11 is 0. The van der Waals surface area contributed by atoms with E-state index in [-0.39, 0.29) is 5.91 Å². The second-order valence-electron chi connectivity index (χ2n) is 4.88. The predicted molar refractivity (Wildman–Crippen MR) is 75.6 cm³/mol. The number of benzene rings is 1. The van der Waals surface area contributed by atoms with Gasteiger partial charge in [-0.25, -0.2) is 0 Å². The second kappa shape index (κ2) is 5.93. The maximum absolute atomic E-state index is 10.9. The molecular formula is C14H21N3O2. The molecule has 104 valence electrons. The number of methoxy groups -OCH3 is 1. The van der Waals surface area contributed by atoms with Crippen molar-refractivity contribution in [2.45, 2.75) is 6.92 Å². The molecule has 2 N–H and O–H groups in total. The summed E-state index contributed by atoms with van der Waals surface area (Å²) in [4.78, 5) is 15.3. The van der Waals surface area contributed by atoms with Crippen LogP contribution in [0.25, 0.3) is 0 Å². The first-order valence-electron chi connectivity index (χ1n) is 6.50. The SMILES string of the molecule is COc1ccc(C)c(N2CCN(CC(N)=O)CC2)c1. The normalized spacial score (nSPS) is 16.4. The molecule has 0 radical (unpaired) electrons. The Kier molecular flexibility index (Phi) is 4.27. The Labute approximate surface area is 113 Å². The Bertz CT molecular complexity index is 454. The van der Waals surface area contributed by atoms with Crippen LogP contribution >= 0.6 is 0 Å². The van der Waals surface area contributed by atoms with Crippen molar-refractivity contribution in [3.05, 3.63) is 23.8 Å². The number of carbonyl (C=O) groups is 1. The Hall–Kier alpha value is -1.75. The van der Waals surface area contributed by atoms with Crippen LogP contribution in [0.2, 0.25) is 0 Å². The van der Waals surface area contributed by atoms with Gasteiger partial charge in [0.1, 0.15) is 5.75 Å². The van der Waals surface area contributed by atoms with E-state index >= 15 is 0 Å². The number of nitrogens with zero attached hydrogens (tertiary/aromatic N) is 2. The second-order valence-corrected chi connectivity index (χ2v) is 4.88. The zero-order valence-corrected chi connectivity index (χ0v) is 11.6. The molecule has 5 nitrogen and oxygen atoms in total. The van der Waals surface area contributed by atoms with Gasteiger partial charge in [-0.1, -0.05) is 6.07 Å². The van der Waals surface area contributed by atoms with Gasteiger partial charge in [0.05, 0.1) is 13.7 Å². The summed E-state index contributed by atoms with van der Waals surface area (Å²) in [5.74, 6) is 0.617. The van der Waals surface area contributed by atoms with Gasteiger partial charge in [-0.2, -0.15) is 0 Å². The van der Waals surface area contributed by atoms with E-state index in [2.05, 4.69) is 28.9 Å². The summed E-state index contributed by atoms with van der Waals surface area (Å²) in [6.07, 6.45) is 0. The summed E-state index contributed by atoms with van der Waals surface area (Å²) < 4.78 is 5.28. The monoisotopic (exact) mass is 263 g/mol. The minimum atomic E-state index is -0.258. The summed E-state index contributed by atoms with van der Waals surface area (Å²) in [6, 6.07) is 6.12. The molecule has 0 unspecified atom stereocenters. The molecule has 2 rings (SSSR count). The van der Waals surface area contributed by atoms with Gasteiger partial charge in [-0.3, -0.25) is 9.69 Å². The number of rotatable bonds is 4. The average molecular weight is 263 g/mol. The molecular weight excluding hydrogens is 242 g/mol. The zero-order chi connectivity index (χ0) is 13.8. The van der Waals surface area contributed by atoms with E-state index in [0.29, 0.717) is 6.54 Å². The van der Waals surface area contributed by atoms with Gasteiger partial charge in [0.2, 0.25) is 5.91 Å². The lowest BCUT2D eigenvalue weighted by atomic mass is 10.1.